The van der Waals surface area contributed by atoms with Crippen LogP contribution in [0.15, 0.2) is 12.1 Å². The van der Waals surface area contributed by atoms with Gasteiger partial charge in [-0.3, -0.25) is 9.59 Å². The molecule has 1 aromatic carbocycles. The van der Waals surface area contributed by atoms with Gasteiger partial charge >= 0.3 is 5.97 Å². The number of benzene rings is 1. The Hall–Kier alpha value is -1.95. The van der Waals surface area contributed by atoms with Crippen molar-refractivity contribution in [3.8, 4) is 11.5 Å². The minimum absolute atomic E-state index is 0.253. The third kappa shape index (κ3) is 3.62. The number of carboxylic acids is 1. The quantitative estimate of drug-likeness (QED) is 0.801. The van der Waals surface area contributed by atoms with E-state index in [-0.39, 0.29) is 12.5 Å². The summed E-state index contributed by atoms with van der Waals surface area (Å²) in [4.78, 5) is 22.6. The molecule has 2 N–H and O–H groups in total. The summed E-state index contributed by atoms with van der Waals surface area (Å²) >= 11 is 6.15. The lowest BCUT2D eigenvalue weighted by molar-refractivity contribution is -0.140. The van der Waals surface area contributed by atoms with Crippen molar-refractivity contribution in [2.75, 3.05) is 13.7 Å². The molecule has 0 radical (unpaired) electrons. The van der Waals surface area contributed by atoms with Gasteiger partial charge in [-0.05, 0) is 31.0 Å². The topological polar surface area (TPSA) is 84.9 Å². The van der Waals surface area contributed by atoms with Crippen LogP contribution >= 0.6 is 11.6 Å². The highest BCUT2D eigenvalue weighted by Crippen LogP contribution is 2.39. The number of aliphatic carboxylic acids is 1. The van der Waals surface area contributed by atoms with Crippen LogP contribution in [0.4, 0.5) is 0 Å². The first-order valence-electron chi connectivity index (χ1n) is 6.97. The molecule has 1 aliphatic rings. The smallest absolute Gasteiger partial charge is 0.307 e. The maximum atomic E-state index is 11.8. The molecule has 1 aliphatic carbocycles. The molecule has 0 saturated heterocycles. The largest absolute Gasteiger partial charge is 0.493 e. The average Bonchev–Trinajstić information content (AvgIpc) is 3.27. The van der Waals surface area contributed by atoms with Crippen molar-refractivity contribution in [3.63, 3.8) is 0 Å². The van der Waals surface area contributed by atoms with E-state index in [1.54, 1.807) is 12.1 Å². The highest BCUT2D eigenvalue weighted by Gasteiger charge is 2.48. The van der Waals surface area contributed by atoms with Crippen LogP contribution in [0.5, 0.6) is 11.5 Å². The van der Waals surface area contributed by atoms with Crippen LogP contribution in [0.1, 0.15) is 18.9 Å². The first-order chi connectivity index (χ1) is 10.5. The van der Waals surface area contributed by atoms with Gasteiger partial charge in [-0.2, -0.15) is 0 Å². The molecule has 2 rings (SSSR count). The summed E-state index contributed by atoms with van der Waals surface area (Å²) in [6, 6.07) is 3.43. The SMILES string of the molecule is CCOc1c(Cl)cc(CNC(=O)C2CC2C(=O)O)cc1OC. The van der Waals surface area contributed by atoms with E-state index < -0.39 is 17.8 Å². The van der Waals surface area contributed by atoms with E-state index in [1.165, 1.54) is 7.11 Å². The van der Waals surface area contributed by atoms with E-state index in [1.807, 2.05) is 6.92 Å². The molecule has 2 unspecified atom stereocenters. The van der Waals surface area contributed by atoms with Crippen LogP contribution in [0, 0.1) is 11.8 Å². The third-order valence-electron chi connectivity index (χ3n) is 3.49. The van der Waals surface area contributed by atoms with Crippen LogP contribution in [-0.4, -0.2) is 30.7 Å². The van der Waals surface area contributed by atoms with Crippen LogP contribution < -0.4 is 14.8 Å². The zero-order valence-corrected chi connectivity index (χ0v) is 13.1. The molecule has 6 nitrogen and oxygen atoms in total. The normalized spacial score (nSPS) is 19.4. The number of halogens is 1. The van der Waals surface area contributed by atoms with E-state index in [0.29, 0.717) is 29.5 Å². The van der Waals surface area contributed by atoms with E-state index in [0.717, 1.165) is 5.56 Å². The number of methoxy groups -OCH3 is 1. The van der Waals surface area contributed by atoms with Crippen molar-refractivity contribution in [3.05, 3.63) is 22.7 Å². The highest BCUT2D eigenvalue weighted by atomic mass is 35.5. The molecule has 1 amide bonds. The van der Waals surface area contributed by atoms with E-state index in [9.17, 15) is 9.59 Å². The summed E-state index contributed by atoms with van der Waals surface area (Å²) in [7, 11) is 1.51. The zero-order chi connectivity index (χ0) is 16.3. The molecular formula is C15H18ClNO5. The van der Waals surface area contributed by atoms with Crippen molar-refractivity contribution < 1.29 is 24.2 Å². The van der Waals surface area contributed by atoms with Crippen molar-refractivity contribution in [2.45, 2.75) is 19.9 Å². The molecule has 2 atom stereocenters. The van der Waals surface area contributed by atoms with Crippen LogP contribution in [0.3, 0.4) is 0 Å². The van der Waals surface area contributed by atoms with Crippen molar-refractivity contribution in [2.24, 2.45) is 11.8 Å². The molecule has 1 saturated carbocycles. The summed E-state index contributed by atoms with van der Waals surface area (Å²) in [6.07, 6.45) is 0.397. The van der Waals surface area contributed by atoms with Crippen molar-refractivity contribution in [1.29, 1.82) is 0 Å². The lowest BCUT2D eigenvalue weighted by Crippen LogP contribution is -2.25. The number of carboxylic acid groups (broad SMARTS) is 1. The molecule has 120 valence electrons. The zero-order valence-electron chi connectivity index (χ0n) is 12.4. The van der Waals surface area contributed by atoms with Gasteiger partial charge in [-0.1, -0.05) is 11.6 Å². The summed E-state index contributed by atoms with van der Waals surface area (Å²) in [5.41, 5.74) is 0.756. The summed E-state index contributed by atoms with van der Waals surface area (Å²) in [5, 5.41) is 11.9. The number of amides is 1. The molecule has 0 aromatic heterocycles. The fourth-order valence-corrected chi connectivity index (χ4v) is 2.53. The summed E-state index contributed by atoms with van der Waals surface area (Å²) < 4.78 is 10.7. The maximum Gasteiger partial charge on any atom is 0.307 e. The fraction of sp³-hybridized carbons (Fsp3) is 0.467. The third-order valence-corrected chi connectivity index (χ3v) is 3.77. The monoisotopic (exact) mass is 327 g/mol. The van der Waals surface area contributed by atoms with Gasteiger partial charge in [-0.25, -0.2) is 0 Å². The standard InChI is InChI=1S/C15H18ClNO5/c1-3-22-13-11(16)4-8(5-12(13)21-2)7-17-14(18)9-6-10(9)15(19)20/h4-5,9-10H,3,6-7H2,1-2H3,(H,17,18)(H,19,20). The van der Waals surface area contributed by atoms with Crippen LogP contribution in [0.2, 0.25) is 5.02 Å². The van der Waals surface area contributed by atoms with Gasteiger partial charge in [0, 0.05) is 6.54 Å². The highest BCUT2D eigenvalue weighted by molar-refractivity contribution is 6.32. The Morgan fingerprint density at radius 3 is 2.68 bits per heavy atom. The maximum absolute atomic E-state index is 11.8. The van der Waals surface area contributed by atoms with Crippen molar-refractivity contribution >= 4 is 23.5 Å². The number of hydrogen-bond acceptors (Lipinski definition) is 4. The Morgan fingerprint density at radius 1 is 1.41 bits per heavy atom. The van der Waals surface area contributed by atoms with Gasteiger partial charge in [0.15, 0.2) is 11.5 Å². The van der Waals surface area contributed by atoms with Gasteiger partial charge in [0.1, 0.15) is 0 Å². The minimum atomic E-state index is -0.925. The second-order valence-electron chi connectivity index (χ2n) is 5.05. The average molecular weight is 328 g/mol. The number of carbonyl (C=O) groups excluding carboxylic acids is 1. The van der Waals surface area contributed by atoms with Gasteiger partial charge < -0.3 is 19.9 Å². The molecule has 7 heteroatoms. The first kappa shape index (κ1) is 16.4. The van der Waals surface area contributed by atoms with Crippen LogP contribution in [-0.2, 0) is 16.1 Å². The van der Waals surface area contributed by atoms with Crippen molar-refractivity contribution in [1.82, 2.24) is 5.32 Å². The molecule has 0 aliphatic heterocycles. The molecule has 1 fully saturated rings. The Kier molecular flexibility index (Phi) is 5.13. The Bertz CT molecular complexity index is 590. The van der Waals surface area contributed by atoms with Gasteiger partial charge in [0.05, 0.1) is 30.6 Å². The fourth-order valence-electron chi connectivity index (χ4n) is 2.24. The number of ether oxygens (including phenoxy) is 2. The first-order valence-corrected chi connectivity index (χ1v) is 7.35. The summed E-state index contributed by atoms with van der Waals surface area (Å²) in [6.45, 7) is 2.56. The molecule has 0 spiro atoms. The lowest BCUT2D eigenvalue weighted by Gasteiger charge is -2.13. The molecular weight excluding hydrogens is 310 g/mol. The predicted octanol–water partition coefficient (Wildman–Crippen LogP) is 2.08. The Morgan fingerprint density at radius 2 is 2.14 bits per heavy atom. The molecule has 1 aromatic rings. The second kappa shape index (κ2) is 6.87. The van der Waals surface area contributed by atoms with Gasteiger partial charge in [-0.15, -0.1) is 0 Å². The Balaban J connectivity index is 2.00. The second-order valence-corrected chi connectivity index (χ2v) is 5.45. The van der Waals surface area contributed by atoms with Gasteiger partial charge in [0.25, 0.3) is 0 Å². The predicted molar refractivity (Wildman–Crippen MR) is 80.3 cm³/mol. The number of rotatable bonds is 7. The van der Waals surface area contributed by atoms with E-state index in [4.69, 9.17) is 26.2 Å². The van der Waals surface area contributed by atoms with Gasteiger partial charge in [0.2, 0.25) is 5.91 Å². The number of carbonyl (C=O) groups is 2. The molecule has 22 heavy (non-hydrogen) atoms. The minimum Gasteiger partial charge on any atom is -0.493 e. The summed E-state index contributed by atoms with van der Waals surface area (Å²) in [5.74, 6) is -1.21. The molecule has 0 heterocycles. The van der Waals surface area contributed by atoms with E-state index >= 15 is 0 Å². The Labute approximate surface area is 133 Å². The lowest BCUT2D eigenvalue weighted by atomic mass is 10.2. The number of hydrogen-bond donors (Lipinski definition) is 2. The number of nitrogens with one attached hydrogen (secondary N) is 1. The van der Waals surface area contributed by atoms with E-state index in [2.05, 4.69) is 5.32 Å². The molecule has 0 bridgehead atoms. The van der Waals surface area contributed by atoms with Crippen LogP contribution in [0.25, 0.3) is 0 Å².